The molecule has 0 fully saturated rings. The highest BCUT2D eigenvalue weighted by molar-refractivity contribution is 7.11. The standard InChI is InChI=1S/C12H19NOS/c1-11(12-6-4-10-15-12)5-3-7-13-8-9-14-2/h4-6,10,13H,3,7-9H2,1-2H3. The number of ether oxygens (including phenoxy) is 1. The summed E-state index contributed by atoms with van der Waals surface area (Å²) in [4.78, 5) is 1.37. The Morgan fingerprint density at radius 2 is 2.40 bits per heavy atom. The Balaban J connectivity index is 2.15. The second-order valence-corrected chi connectivity index (χ2v) is 4.34. The summed E-state index contributed by atoms with van der Waals surface area (Å²) in [6.07, 6.45) is 3.36. The Kier molecular flexibility index (Phi) is 6.32. The first kappa shape index (κ1) is 12.4. The second kappa shape index (κ2) is 7.63. The minimum absolute atomic E-state index is 0.785. The Labute approximate surface area is 96.0 Å². The van der Waals surface area contributed by atoms with Crippen LogP contribution in [0.4, 0.5) is 0 Å². The lowest BCUT2D eigenvalue weighted by Crippen LogP contribution is -2.19. The van der Waals surface area contributed by atoms with E-state index in [9.17, 15) is 0 Å². The Bertz CT molecular complexity index is 280. The van der Waals surface area contributed by atoms with Gasteiger partial charge in [0.25, 0.3) is 0 Å². The van der Waals surface area contributed by atoms with E-state index in [0.29, 0.717) is 0 Å². The smallest absolute Gasteiger partial charge is 0.0587 e. The van der Waals surface area contributed by atoms with Crippen LogP contribution in [0.2, 0.25) is 0 Å². The van der Waals surface area contributed by atoms with Crippen LogP contribution in [0, 0.1) is 0 Å². The van der Waals surface area contributed by atoms with Gasteiger partial charge in [0.2, 0.25) is 0 Å². The van der Waals surface area contributed by atoms with Gasteiger partial charge in [-0.2, -0.15) is 0 Å². The molecule has 0 aliphatic heterocycles. The maximum atomic E-state index is 4.95. The first-order chi connectivity index (χ1) is 7.34. The molecule has 0 aromatic carbocycles. The van der Waals surface area contributed by atoms with Crippen molar-refractivity contribution < 1.29 is 4.74 Å². The number of thiophene rings is 1. The van der Waals surface area contributed by atoms with E-state index in [4.69, 9.17) is 4.74 Å². The third-order valence-corrected chi connectivity index (χ3v) is 3.17. The third-order valence-electron chi connectivity index (χ3n) is 2.16. The zero-order valence-corrected chi connectivity index (χ0v) is 10.3. The predicted molar refractivity (Wildman–Crippen MR) is 67.3 cm³/mol. The quantitative estimate of drug-likeness (QED) is 0.720. The molecular weight excluding hydrogens is 206 g/mol. The fraction of sp³-hybridized carbons (Fsp3) is 0.500. The molecule has 1 rings (SSSR count). The fourth-order valence-electron chi connectivity index (χ4n) is 1.29. The summed E-state index contributed by atoms with van der Waals surface area (Å²) in [5.41, 5.74) is 1.37. The number of hydrogen-bond donors (Lipinski definition) is 1. The molecule has 0 aliphatic carbocycles. The zero-order chi connectivity index (χ0) is 10.9. The molecule has 0 radical (unpaired) electrons. The van der Waals surface area contributed by atoms with Crippen molar-refractivity contribution in [3.8, 4) is 0 Å². The van der Waals surface area contributed by atoms with E-state index in [1.54, 1.807) is 18.4 Å². The molecule has 0 atom stereocenters. The molecule has 1 N–H and O–H groups in total. The third kappa shape index (κ3) is 5.11. The van der Waals surface area contributed by atoms with Crippen LogP contribution in [0.15, 0.2) is 23.6 Å². The van der Waals surface area contributed by atoms with E-state index in [2.05, 4.69) is 35.8 Å². The zero-order valence-electron chi connectivity index (χ0n) is 9.45. The molecule has 84 valence electrons. The molecule has 0 unspecified atom stereocenters. The second-order valence-electron chi connectivity index (χ2n) is 3.40. The van der Waals surface area contributed by atoms with Crippen molar-refractivity contribution in [1.29, 1.82) is 0 Å². The van der Waals surface area contributed by atoms with Crippen LogP contribution in [-0.4, -0.2) is 26.8 Å². The highest BCUT2D eigenvalue weighted by Gasteiger charge is 1.94. The predicted octanol–water partition coefficient (Wildman–Crippen LogP) is 2.78. The molecule has 0 bridgehead atoms. The normalized spacial score (nSPS) is 12.0. The lowest BCUT2D eigenvalue weighted by atomic mass is 10.2. The lowest BCUT2D eigenvalue weighted by molar-refractivity contribution is 0.199. The Morgan fingerprint density at radius 3 is 3.07 bits per heavy atom. The van der Waals surface area contributed by atoms with E-state index in [1.807, 2.05) is 0 Å². The molecule has 1 heterocycles. The van der Waals surface area contributed by atoms with Gasteiger partial charge in [-0.3, -0.25) is 0 Å². The molecule has 0 aliphatic rings. The van der Waals surface area contributed by atoms with Crippen LogP contribution in [0.25, 0.3) is 5.57 Å². The molecule has 1 aromatic rings. The van der Waals surface area contributed by atoms with Crippen LogP contribution >= 0.6 is 11.3 Å². The molecule has 3 heteroatoms. The summed E-state index contributed by atoms with van der Waals surface area (Å²) >= 11 is 1.79. The maximum absolute atomic E-state index is 4.95. The summed E-state index contributed by atoms with van der Waals surface area (Å²) in [5.74, 6) is 0. The highest BCUT2D eigenvalue weighted by Crippen LogP contribution is 2.19. The largest absolute Gasteiger partial charge is 0.383 e. The molecule has 1 aromatic heterocycles. The van der Waals surface area contributed by atoms with Crippen LogP contribution < -0.4 is 5.32 Å². The fourth-order valence-corrected chi connectivity index (χ4v) is 2.02. The number of allylic oxidation sites excluding steroid dienone is 1. The average molecular weight is 225 g/mol. The lowest BCUT2D eigenvalue weighted by Gasteiger charge is -2.01. The van der Waals surface area contributed by atoms with Crippen molar-refractivity contribution in [2.45, 2.75) is 13.3 Å². The average Bonchev–Trinajstić information content (AvgIpc) is 2.76. The molecule has 0 saturated carbocycles. The van der Waals surface area contributed by atoms with Crippen molar-refractivity contribution in [3.63, 3.8) is 0 Å². The minimum Gasteiger partial charge on any atom is -0.383 e. The van der Waals surface area contributed by atoms with Crippen molar-refractivity contribution in [2.24, 2.45) is 0 Å². The number of methoxy groups -OCH3 is 1. The van der Waals surface area contributed by atoms with Gasteiger partial charge in [-0.25, -0.2) is 0 Å². The SMILES string of the molecule is COCCNCCC=C(C)c1cccs1. The number of nitrogens with one attached hydrogen (secondary N) is 1. The highest BCUT2D eigenvalue weighted by atomic mass is 32.1. The van der Waals surface area contributed by atoms with E-state index in [1.165, 1.54) is 10.5 Å². The number of hydrogen-bond acceptors (Lipinski definition) is 3. The molecule has 0 saturated heterocycles. The first-order valence-electron chi connectivity index (χ1n) is 5.25. The monoisotopic (exact) mass is 225 g/mol. The van der Waals surface area contributed by atoms with Crippen molar-refractivity contribution in [2.75, 3.05) is 26.8 Å². The van der Waals surface area contributed by atoms with Gasteiger partial charge in [0.05, 0.1) is 6.61 Å². The Morgan fingerprint density at radius 1 is 1.53 bits per heavy atom. The van der Waals surface area contributed by atoms with E-state index in [-0.39, 0.29) is 0 Å². The topological polar surface area (TPSA) is 21.3 Å². The summed E-state index contributed by atoms with van der Waals surface area (Å²) in [7, 11) is 1.72. The Hall–Kier alpha value is -0.640. The molecule has 2 nitrogen and oxygen atoms in total. The van der Waals surface area contributed by atoms with Crippen molar-refractivity contribution in [1.82, 2.24) is 5.32 Å². The van der Waals surface area contributed by atoms with Gasteiger partial charge in [0.15, 0.2) is 0 Å². The summed E-state index contributed by atoms with van der Waals surface area (Å²) in [5, 5.41) is 5.44. The molecular formula is C12H19NOS. The van der Waals surface area contributed by atoms with Gasteiger partial charge >= 0.3 is 0 Å². The van der Waals surface area contributed by atoms with E-state index >= 15 is 0 Å². The van der Waals surface area contributed by atoms with Crippen LogP contribution in [0.5, 0.6) is 0 Å². The molecule has 0 amide bonds. The molecule has 0 spiro atoms. The first-order valence-corrected chi connectivity index (χ1v) is 6.13. The van der Waals surface area contributed by atoms with Gasteiger partial charge in [0.1, 0.15) is 0 Å². The summed E-state index contributed by atoms with van der Waals surface area (Å²) in [6.45, 7) is 4.91. The minimum atomic E-state index is 0.785. The van der Waals surface area contributed by atoms with Crippen LogP contribution in [0.3, 0.4) is 0 Å². The summed E-state index contributed by atoms with van der Waals surface area (Å²) in [6, 6.07) is 4.25. The van der Waals surface area contributed by atoms with Crippen LogP contribution in [0.1, 0.15) is 18.2 Å². The van der Waals surface area contributed by atoms with Gasteiger partial charge < -0.3 is 10.1 Å². The molecule has 15 heavy (non-hydrogen) atoms. The number of rotatable bonds is 7. The summed E-state index contributed by atoms with van der Waals surface area (Å²) < 4.78 is 4.95. The van der Waals surface area contributed by atoms with E-state index in [0.717, 1.165) is 26.1 Å². The van der Waals surface area contributed by atoms with Gasteiger partial charge in [-0.05, 0) is 36.9 Å². The van der Waals surface area contributed by atoms with E-state index < -0.39 is 0 Å². The van der Waals surface area contributed by atoms with Gasteiger partial charge in [-0.1, -0.05) is 12.1 Å². The maximum Gasteiger partial charge on any atom is 0.0587 e. The van der Waals surface area contributed by atoms with Crippen LogP contribution in [-0.2, 0) is 4.74 Å². The van der Waals surface area contributed by atoms with Crippen molar-refractivity contribution >= 4 is 16.9 Å². The van der Waals surface area contributed by atoms with Gasteiger partial charge in [-0.15, -0.1) is 11.3 Å². The van der Waals surface area contributed by atoms with Crippen molar-refractivity contribution in [3.05, 3.63) is 28.5 Å². The van der Waals surface area contributed by atoms with Gasteiger partial charge in [0, 0.05) is 18.5 Å².